The number of pyridine rings is 3. The summed E-state index contributed by atoms with van der Waals surface area (Å²) in [6.07, 6.45) is 4.52. The molecule has 0 aromatic carbocycles. The van der Waals surface area contributed by atoms with Crippen LogP contribution < -0.4 is 9.80 Å². The Morgan fingerprint density at radius 2 is 1.94 bits per heavy atom. The van der Waals surface area contributed by atoms with E-state index in [9.17, 15) is 0 Å². The fourth-order valence-electron chi connectivity index (χ4n) is 4.61. The highest BCUT2D eigenvalue weighted by molar-refractivity contribution is 6.33. The summed E-state index contributed by atoms with van der Waals surface area (Å²) in [5, 5.41) is 0.622. The number of aromatic nitrogens is 3. The number of halogens is 1. The van der Waals surface area contributed by atoms with Crippen LogP contribution in [-0.2, 0) is 17.7 Å². The maximum absolute atomic E-state index is 6.52. The van der Waals surface area contributed by atoms with Gasteiger partial charge in [0, 0.05) is 49.7 Å². The Hall–Kier alpha value is -2.70. The SMILES string of the molecule is Cc1cnc(-c2cc(N3CCc4nc(N5CCOCC5C)ccc4C3)ncc2Cl)c(C)c1. The van der Waals surface area contributed by atoms with Crippen molar-refractivity contribution in [3.05, 3.63) is 64.1 Å². The predicted molar refractivity (Wildman–Crippen MR) is 129 cm³/mol. The van der Waals surface area contributed by atoms with E-state index >= 15 is 0 Å². The molecular formula is C25H28ClN5O. The Morgan fingerprint density at radius 1 is 1.06 bits per heavy atom. The zero-order valence-corrected chi connectivity index (χ0v) is 19.6. The van der Waals surface area contributed by atoms with Gasteiger partial charge in [-0.3, -0.25) is 4.98 Å². The zero-order valence-electron chi connectivity index (χ0n) is 18.8. The van der Waals surface area contributed by atoms with Crippen LogP contribution in [0.25, 0.3) is 11.3 Å². The summed E-state index contributed by atoms with van der Waals surface area (Å²) in [5.41, 5.74) is 6.53. The lowest BCUT2D eigenvalue weighted by Crippen LogP contribution is -2.44. The van der Waals surface area contributed by atoms with Crippen molar-refractivity contribution in [2.45, 2.75) is 39.8 Å². The summed E-state index contributed by atoms with van der Waals surface area (Å²) in [6.45, 7) is 10.4. The topological polar surface area (TPSA) is 54.4 Å². The summed E-state index contributed by atoms with van der Waals surface area (Å²) in [7, 11) is 0. The standard InChI is InChI=1S/C25H28ClN5O/c1-16-10-17(2)25(28-12-16)20-11-24(27-13-21(20)26)30-7-6-22-19(14-30)4-5-23(29-22)31-8-9-32-15-18(31)3/h4-5,10-13,18H,6-9,14-15H2,1-3H3. The van der Waals surface area contributed by atoms with Gasteiger partial charge in [0.05, 0.1) is 30.0 Å². The molecule has 0 saturated carbocycles. The number of anilines is 2. The first-order valence-electron chi connectivity index (χ1n) is 11.2. The van der Waals surface area contributed by atoms with Crippen molar-refractivity contribution in [3.63, 3.8) is 0 Å². The average molecular weight is 450 g/mol. The highest BCUT2D eigenvalue weighted by Gasteiger charge is 2.24. The molecule has 3 aromatic rings. The second-order valence-electron chi connectivity index (χ2n) is 8.76. The minimum absolute atomic E-state index is 0.352. The molecule has 3 aromatic heterocycles. The molecule has 7 heteroatoms. The quantitative estimate of drug-likeness (QED) is 0.582. The summed E-state index contributed by atoms with van der Waals surface area (Å²) in [4.78, 5) is 18.9. The molecule has 1 saturated heterocycles. The molecule has 0 spiro atoms. The molecule has 0 amide bonds. The van der Waals surface area contributed by atoms with Crippen molar-refractivity contribution < 1.29 is 4.74 Å². The highest BCUT2D eigenvalue weighted by Crippen LogP contribution is 2.33. The van der Waals surface area contributed by atoms with E-state index in [-0.39, 0.29) is 0 Å². The molecule has 6 nitrogen and oxygen atoms in total. The Bertz CT molecular complexity index is 1150. The van der Waals surface area contributed by atoms with Gasteiger partial charge in [-0.1, -0.05) is 23.7 Å². The molecule has 0 N–H and O–H groups in total. The van der Waals surface area contributed by atoms with Crippen LogP contribution in [0.2, 0.25) is 5.02 Å². The number of rotatable bonds is 3. The third kappa shape index (κ3) is 4.05. The first kappa shape index (κ1) is 21.2. The van der Waals surface area contributed by atoms with Gasteiger partial charge in [-0.05, 0) is 49.6 Å². The number of hydrogen-bond donors (Lipinski definition) is 0. The van der Waals surface area contributed by atoms with Crippen LogP contribution in [0.1, 0.15) is 29.3 Å². The van der Waals surface area contributed by atoms with Crippen molar-refractivity contribution in [1.82, 2.24) is 15.0 Å². The molecule has 0 bridgehead atoms. The van der Waals surface area contributed by atoms with Gasteiger partial charge >= 0.3 is 0 Å². The normalized spacial score (nSPS) is 18.6. The molecule has 2 aliphatic heterocycles. The number of morpholine rings is 1. The molecule has 1 unspecified atom stereocenters. The molecular weight excluding hydrogens is 422 g/mol. The third-order valence-electron chi connectivity index (χ3n) is 6.33. The lowest BCUT2D eigenvalue weighted by atomic mass is 10.0. The van der Waals surface area contributed by atoms with E-state index in [0.717, 1.165) is 73.3 Å². The van der Waals surface area contributed by atoms with Crippen molar-refractivity contribution >= 4 is 23.2 Å². The Balaban J connectivity index is 1.40. The van der Waals surface area contributed by atoms with Crippen LogP contribution in [-0.4, -0.2) is 47.3 Å². The van der Waals surface area contributed by atoms with Gasteiger partial charge in [0.1, 0.15) is 11.6 Å². The van der Waals surface area contributed by atoms with E-state index in [4.69, 9.17) is 21.3 Å². The van der Waals surface area contributed by atoms with E-state index < -0.39 is 0 Å². The van der Waals surface area contributed by atoms with Gasteiger partial charge in [-0.15, -0.1) is 0 Å². The van der Waals surface area contributed by atoms with E-state index in [0.29, 0.717) is 11.1 Å². The maximum atomic E-state index is 6.52. The van der Waals surface area contributed by atoms with Crippen LogP contribution in [0, 0.1) is 13.8 Å². The van der Waals surface area contributed by atoms with Crippen molar-refractivity contribution in [2.75, 3.05) is 36.1 Å². The van der Waals surface area contributed by atoms with E-state index in [1.54, 1.807) is 6.20 Å². The van der Waals surface area contributed by atoms with Gasteiger partial charge in [-0.25, -0.2) is 9.97 Å². The Kier molecular flexibility index (Phi) is 5.74. The van der Waals surface area contributed by atoms with Crippen molar-refractivity contribution in [1.29, 1.82) is 0 Å². The van der Waals surface area contributed by atoms with Crippen LogP contribution in [0.4, 0.5) is 11.6 Å². The number of fused-ring (bicyclic) bond motifs is 1. The molecule has 1 atom stereocenters. The first-order chi connectivity index (χ1) is 15.5. The summed E-state index contributed by atoms with van der Waals surface area (Å²) in [6, 6.07) is 8.91. The molecule has 32 heavy (non-hydrogen) atoms. The number of aryl methyl sites for hydroxylation is 2. The minimum Gasteiger partial charge on any atom is -0.377 e. The molecule has 0 radical (unpaired) electrons. The zero-order chi connectivity index (χ0) is 22.2. The van der Waals surface area contributed by atoms with Gasteiger partial charge < -0.3 is 14.5 Å². The number of hydrogen-bond acceptors (Lipinski definition) is 6. The number of nitrogens with zero attached hydrogens (tertiary/aromatic N) is 5. The van der Waals surface area contributed by atoms with Gasteiger partial charge in [0.15, 0.2) is 0 Å². The number of ether oxygens (including phenoxy) is 1. The van der Waals surface area contributed by atoms with Crippen LogP contribution >= 0.6 is 11.6 Å². The van der Waals surface area contributed by atoms with Gasteiger partial charge in [-0.2, -0.15) is 0 Å². The largest absolute Gasteiger partial charge is 0.377 e. The first-order valence-corrected chi connectivity index (χ1v) is 11.5. The second kappa shape index (κ2) is 8.68. The molecule has 0 aliphatic carbocycles. The van der Waals surface area contributed by atoms with E-state index in [2.05, 4.69) is 57.9 Å². The monoisotopic (exact) mass is 449 g/mol. The maximum Gasteiger partial charge on any atom is 0.129 e. The van der Waals surface area contributed by atoms with Gasteiger partial charge in [0.2, 0.25) is 0 Å². The van der Waals surface area contributed by atoms with Crippen LogP contribution in [0.5, 0.6) is 0 Å². The van der Waals surface area contributed by atoms with Crippen molar-refractivity contribution in [2.24, 2.45) is 0 Å². The molecule has 166 valence electrons. The van der Waals surface area contributed by atoms with E-state index in [1.807, 2.05) is 13.1 Å². The summed E-state index contributed by atoms with van der Waals surface area (Å²) < 4.78 is 5.58. The fraction of sp³-hybridized carbons (Fsp3) is 0.400. The lowest BCUT2D eigenvalue weighted by Gasteiger charge is -2.35. The smallest absolute Gasteiger partial charge is 0.129 e. The second-order valence-corrected chi connectivity index (χ2v) is 9.17. The lowest BCUT2D eigenvalue weighted by molar-refractivity contribution is 0.0985. The molecule has 2 aliphatic rings. The minimum atomic E-state index is 0.352. The third-order valence-corrected chi connectivity index (χ3v) is 6.63. The van der Waals surface area contributed by atoms with Crippen LogP contribution in [0.15, 0.2) is 36.7 Å². The van der Waals surface area contributed by atoms with Crippen LogP contribution in [0.3, 0.4) is 0 Å². The Labute approximate surface area is 194 Å². The Morgan fingerprint density at radius 3 is 2.75 bits per heavy atom. The molecule has 5 heterocycles. The summed E-state index contributed by atoms with van der Waals surface area (Å²) >= 11 is 6.52. The fourth-order valence-corrected chi connectivity index (χ4v) is 4.80. The van der Waals surface area contributed by atoms with Crippen molar-refractivity contribution in [3.8, 4) is 11.3 Å². The predicted octanol–water partition coefficient (Wildman–Crippen LogP) is 4.60. The molecule has 1 fully saturated rings. The van der Waals surface area contributed by atoms with E-state index in [1.165, 1.54) is 11.3 Å². The molecule has 5 rings (SSSR count). The average Bonchev–Trinajstić information content (AvgIpc) is 2.79. The van der Waals surface area contributed by atoms with Gasteiger partial charge in [0.25, 0.3) is 0 Å². The highest BCUT2D eigenvalue weighted by atomic mass is 35.5. The summed E-state index contributed by atoms with van der Waals surface area (Å²) in [5.74, 6) is 1.98.